The first-order valence-electron chi connectivity index (χ1n) is 14.8. The molecule has 0 heterocycles. The topological polar surface area (TPSA) is 55.8 Å². The van der Waals surface area contributed by atoms with E-state index in [0.29, 0.717) is 32.1 Å². The van der Waals surface area contributed by atoms with Gasteiger partial charge in [0.15, 0.2) is 23.2 Å². The first-order valence-corrected chi connectivity index (χ1v) is 14.8. The number of esters is 1. The fourth-order valence-electron chi connectivity index (χ4n) is 6.20. The highest BCUT2D eigenvalue weighted by Gasteiger charge is 2.33. The Morgan fingerprint density at radius 1 is 1.07 bits per heavy atom. The summed E-state index contributed by atoms with van der Waals surface area (Å²) in [4.78, 5) is 12.8. The molecule has 3 aliphatic rings. The monoisotopic (exact) mass is 576 g/mol. The Morgan fingerprint density at radius 2 is 1.83 bits per heavy atom. The van der Waals surface area contributed by atoms with Crippen LogP contribution in [0.4, 0.5) is 17.6 Å². The maximum Gasteiger partial charge on any atom is 0.318 e. The van der Waals surface area contributed by atoms with Gasteiger partial charge in [-0.2, -0.15) is 4.39 Å². The lowest BCUT2D eigenvalue weighted by molar-refractivity contribution is -0.137. The summed E-state index contributed by atoms with van der Waals surface area (Å²) in [5.74, 6) is -6.35. The molecule has 0 radical (unpaired) electrons. The third kappa shape index (κ3) is 7.39. The van der Waals surface area contributed by atoms with Crippen LogP contribution >= 0.6 is 0 Å². The minimum atomic E-state index is -1.19. The summed E-state index contributed by atoms with van der Waals surface area (Å²) in [6.07, 6.45) is 11.1. The number of ether oxygens (including phenoxy) is 2. The zero-order chi connectivity index (χ0) is 29.5. The lowest BCUT2D eigenvalue weighted by Gasteiger charge is -2.32. The fraction of sp³-hybridized carbons (Fsp3) is 0.545. The van der Waals surface area contributed by atoms with E-state index in [1.807, 2.05) is 6.92 Å². The number of halogens is 4. The predicted molar refractivity (Wildman–Crippen MR) is 149 cm³/mol. The van der Waals surface area contributed by atoms with Gasteiger partial charge >= 0.3 is 5.97 Å². The van der Waals surface area contributed by atoms with Crippen molar-refractivity contribution in [1.82, 2.24) is 0 Å². The Kier molecular flexibility index (Phi) is 11.0. The van der Waals surface area contributed by atoms with Crippen molar-refractivity contribution in [2.75, 3.05) is 6.61 Å². The van der Waals surface area contributed by atoms with E-state index >= 15 is 4.39 Å². The molecule has 41 heavy (non-hydrogen) atoms. The number of aliphatic hydroxyl groups is 1. The van der Waals surface area contributed by atoms with Gasteiger partial charge in [-0.25, -0.2) is 13.2 Å². The number of benzene rings is 1. The van der Waals surface area contributed by atoms with Crippen LogP contribution in [0.5, 0.6) is 5.75 Å². The Bertz CT molecular complexity index is 1180. The highest BCUT2D eigenvalue weighted by Crippen LogP contribution is 2.41. The zero-order valence-corrected chi connectivity index (χ0v) is 23.6. The Hall–Kier alpha value is -2.71. The first kappa shape index (κ1) is 31.2. The molecule has 0 amide bonds. The fourth-order valence-corrected chi connectivity index (χ4v) is 6.20. The van der Waals surface area contributed by atoms with E-state index in [4.69, 9.17) is 9.47 Å². The second kappa shape index (κ2) is 14.5. The van der Waals surface area contributed by atoms with Crippen LogP contribution in [0.2, 0.25) is 0 Å². The van der Waals surface area contributed by atoms with Gasteiger partial charge in [0.2, 0.25) is 5.82 Å². The maximum absolute atomic E-state index is 15.0. The largest absolute Gasteiger partial charge is 0.423 e. The van der Waals surface area contributed by atoms with Crippen molar-refractivity contribution >= 4 is 5.97 Å². The first-order chi connectivity index (χ1) is 19.7. The summed E-state index contributed by atoms with van der Waals surface area (Å²) in [5.41, 5.74) is 0.495. The van der Waals surface area contributed by atoms with E-state index in [2.05, 4.69) is 6.58 Å². The molecule has 1 saturated carbocycles. The van der Waals surface area contributed by atoms with Gasteiger partial charge in [-0.15, -0.1) is 6.58 Å². The van der Waals surface area contributed by atoms with Crippen molar-refractivity contribution in [3.63, 3.8) is 0 Å². The maximum atomic E-state index is 15.0. The van der Waals surface area contributed by atoms with Crippen molar-refractivity contribution < 1.29 is 36.9 Å². The molecular formula is C33H40F4O4. The number of carbonyl (C=O) groups is 1. The molecule has 4 unspecified atom stereocenters. The van der Waals surface area contributed by atoms with E-state index in [1.165, 1.54) is 12.1 Å². The van der Waals surface area contributed by atoms with Crippen molar-refractivity contribution in [2.45, 2.75) is 89.3 Å². The number of allylic oxidation sites excluding steroid dienone is 3. The number of aliphatic hydroxyl groups excluding tert-OH is 1. The molecule has 4 nitrogen and oxygen atoms in total. The predicted octanol–water partition coefficient (Wildman–Crippen LogP) is 8.33. The number of carbonyl (C=O) groups excluding carboxylic acids is 1. The molecule has 4 atom stereocenters. The molecule has 0 bridgehead atoms. The third-order valence-electron chi connectivity index (χ3n) is 8.63. The molecule has 0 saturated heterocycles. The molecule has 8 heteroatoms. The van der Waals surface area contributed by atoms with Crippen LogP contribution < -0.4 is 4.74 Å². The molecule has 0 aromatic heterocycles. The lowest BCUT2D eigenvalue weighted by Crippen LogP contribution is -2.26. The summed E-state index contributed by atoms with van der Waals surface area (Å²) in [5, 5.41) is 10.3. The summed E-state index contributed by atoms with van der Waals surface area (Å²) in [6.45, 7) is 5.86. The van der Waals surface area contributed by atoms with Crippen molar-refractivity contribution in [2.24, 2.45) is 17.8 Å². The van der Waals surface area contributed by atoms with Crippen LogP contribution in [0.15, 0.2) is 60.2 Å². The van der Waals surface area contributed by atoms with E-state index in [1.54, 1.807) is 24.3 Å². The average Bonchev–Trinajstić information content (AvgIpc) is 2.98. The van der Waals surface area contributed by atoms with E-state index in [9.17, 15) is 23.1 Å². The third-order valence-corrected chi connectivity index (χ3v) is 8.63. The van der Waals surface area contributed by atoms with E-state index in [-0.39, 0.29) is 42.1 Å². The van der Waals surface area contributed by atoms with E-state index < -0.39 is 52.9 Å². The highest BCUT2D eigenvalue weighted by atomic mass is 19.2. The molecule has 0 spiro atoms. The van der Waals surface area contributed by atoms with Gasteiger partial charge < -0.3 is 14.6 Å². The standard InChI is InChI=1S/C33H40F4O4/c1-3-5-19-40-27-17-15-24(29(34)31(27)36)21-9-13-23(14-10-21)33(39)41-28-18-16-25(30(35)32(28)37)20-7-11-22(12-8-20)26(38)6-4-2/h3,9,13,15-16,18,20-23,26-27,38H,1,4-8,10-12,14,17,19H2,2H3. The second-order valence-corrected chi connectivity index (χ2v) is 11.3. The molecular weight excluding hydrogens is 536 g/mol. The number of rotatable bonds is 11. The van der Waals surface area contributed by atoms with Gasteiger partial charge in [-0.3, -0.25) is 4.79 Å². The molecule has 3 aliphatic carbocycles. The van der Waals surface area contributed by atoms with Gasteiger partial charge in [0, 0.05) is 5.92 Å². The Labute approximate surface area is 239 Å². The second-order valence-electron chi connectivity index (χ2n) is 11.3. The van der Waals surface area contributed by atoms with Crippen LogP contribution in [0, 0.1) is 29.4 Å². The van der Waals surface area contributed by atoms with Gasteiger partial charge in [0.25, 0.3) is 0 Å². The molecule has 4 rings (SSSR count). The van der Waals surface area contributed by atoms with E-state index in [0.717, 1.165) is 25.7 Å². The molecule has 1 N–H and O–H groups in total. The molecule has 1 aromatic rings. The quantitative estimate of drug-likeness (QED) is 0.0946. The Balaban J connectivity index is 1.34. The smallest absolute Gasteiger partial charge is 0.318 e. The summed E-state index contributed by atoms with van der Waals surface area (Å²) < 4.78 is 70.0. The number of hydrogen-bond acceptors (Lipinski definition) is 4. The van der Waals surface area contributed by atoms with Crippen LogP contribution in [0.3, 0.4) is 0 Å². The SMILES string of the molecule is C=CCCOC1CC=C(C2C=CC(C(=O)Oc3ccc(C4CCC(C(O)CCC)CC4)c(F)c3F)CC2)C(F)=C1F. The average molecular weight is 577 g/mol. The minimum Gasteiger partial charge on any atom is -0.423 e. The molecule has 1 fully saturated rings. The normalized spacial score (nSPS) is 27.4. The van der Waals surface area contributed by atoms with Crippen molar-refractivity contribution in [3.05, 3.63) is 77.4 Å². The van der Waals surface area contributed by atoms with Gasteiger partial charge in [-0.1, -0.05) is 43.7 Å². The number of hydrogen-bond donors (Lipinski definition) is 1. The van der Waals surface area contributed by atoms with Crippen LogP contribution in [-0.2, 0) is 9.53 Å². The van der Waals surface area contributed by atoms with Crippen LogP contribution in [-0.4, -0.2) is 29.9 Å². The van der Waals surface area contributed by atoms with Crippen LogP contribution in [0.25, 0.3) is 0 Å². The molecule has 1 aromatic carbocycles. The molecule has 224 valence electrons. The van der Waals surface area contributed by atoms with Gasteiger partial charge in [0.1, 0.15) is 6.10 Å². The Morgan fingerprint density at radius 3 is 2.49 bits per heavy atom. The summed E-state index contributed by atoms with van der Waals surface area (Å²) >= 11 is 0. The lowest BCUT2D eigenvalue weighted by atomic mass is 9.76. The minimum absolute atomic E-state index is 0.153. The zero-order valence-electron chi connectivity index (χ0n) is 23.6. The van der Waals surface area contributed by atoms with Crippen molar-refractivity contribution in [1.29, 1.82) is 0 Å². The van der Waals surface area contributed by atoms with Crippen LogP contribution in [0.1, 0.15) is 82.6 Å². The van der Waals surface area contributed by atoms with Gasteiger partial charge in [-0.05, 0) is 86.8 Å². The highest BCUT2D eigenvalue weighted by molar-refractivity contribution is 5.77. The summed E-state index contributed by atoms with van der Waals surface area (Å²) in [6, 6.07) is 2.77. The molecule has 0 aliphatic heterocycles. The summed E-state index contributed by atoms with van der Waals surface area (Å²) in [7, 11) is 0. The van der Waals surface area contributed by atoms with Gasteiger partial charge in [0.05, 0.1) is 18.6 Å². The van der Waals surface area contributed by atoms with Crippen molar-refractivity contribution in [3.8, 4) is 5.75 Å².